The van der Waals surface area contributed by atoms with Gasteiger partial charge in [-0.05, 0) is 19.3 Å². The molecule has 0 atom stereocenters. The first kappa shape index (κ1) is 12.7. The van der Waals surface area contributed by atoms with Crippen molar-refractivity contribution in [2.75, 3.05) is 6.54 Å². The van der Waals surface area contributed by atoms with Crippen molar-refractivity contribution in [3.63, 3.8) is 0 Å². The lowest BCUT2D eigenvalue weighted by Crippen LogP contribution is -2.21. The highest BCUT2D eigenvalue weighted by Gasteiger charge is 2.07. The predicted octanol–water partition coefficient (Wildman–Crippen LogP) is 1.84. The van der Waals surface area contributed by atoms with E-state index in [2.05, 4.69) is 5.32 Å². The van der Waals surface area contributed by atoms with Crippen LogP contribution in [0, 0.1) is 0 Å². The molecule has 0 bridgehead atoms. The number of rotatable bonds is 0. The molecule has 4 heteroatoms. The minimum atomic E-state index is -0.547. The highest BCUT2D eigenvalue weighted by Crippen LogP contribution is 2.11. The predicted molar refractivity (Wildman–Crippen MR) is 45.9 cm³/mol. The molecule has 1 saturated heterocycles. The van der Waals surface area contributed by atoms with Crippen molar-refractivity contribution in [2.45, 2.75) is 26.7 Å². The van der Waals surface area contributed by atoms with Crippen LogP contribution in [0.1, 0.15) is 26.7 Å². The monoisotopic (exact) mass is 162 g/mol. The van der Waals surface area contributed by atoms with Gasteiger partial charge in [-0.2, -0.15) is 0 Å². The summed E-state index contributed by atoms with van der Waals surface area (Å²) in [6, 6.07) is 0. The standard InChI is InChI=1S/C6H11NO2.CH4.H3N/c8-6(9)5-3-1-2-4-7-5;;/h7-9H,1-4H2;1H4;1H3. The van der Waals surface area contributed by atoms with Crippen LogP contribution >= 0.6 is 0 Å². The molecule has 1 aliphatic rings. The first-order valence-electron chi connectivity index (χ1n) is 3.15. The van der Waals surface area contributed by atoms with Gasteiger partial charge in [-0.1, -0.05) is 7.43 Å². The third-order valence-electron chi connectivity index (χ3n) is 1.46. The second-order valence-electron chi connectivity index (χ2n) is 2.19. The van der Waals surface area contributed by atoms with Crippen LogP contribution < -0.4 is 11.5 Å². The smallest absolute Gasteiger partial charge is 0.294 e. The number of nitrogens with one attached hydrogen (secondary N) is 1. The van der Waals surface area contributed by atoms with Crippen LogP contribution in [0.25, 0.3) is 0 Å². The lowest BCUT2D eigenvalue weighted by atomic mass is 10.1. The van der Waals surface area contributed by atoms with Gasteiger partial charge in [-0.25, -0.2) is 0 Å². The summed E-state index contributed by atoms with van der Waals surface area (Å²) in [4.78, 5) is 0. The average molecular weight is 162 g/mol. The van der Waals surface area contributed by atoms with Gasteiger partial charge in [0, 0.05) is 6.54 Å². The van der Waals surface area contributed by atoms with E-state index in [0.29, 0.717) is 5.70 Å². The molecule has 0 aromatic carbocycles. The Bertz CT molecular complexity index is 122. The van der Waals surface area contributed by atoms with Crippen LogP contribution in [0.3, 0.4) is 0 Å². The lowest BCUT2D eigenvalue weighted by Gasteiger charge is -2.15. The summed E-state index contributed by atoms with van der Waals surface area (Å²) in [5.74, 6) is -0.547. The van der Waals surface area contributed by atoms with Gasteiger partial charge in [0.25, 0.3) is 5.95 Å². The molecule has 0 unspecified atom stereocenters. The van der Waals surface area contributed by atoms with E-state index in [-0.39, 0.29) is 13.6 Å². The lowest BCUT2D eigenvalue weighted by molar-refractivity contribution is 0.177. The number of piperidine rings is 1. The van der Waals surface area contributed by atoms with Crippen LogP contribution in [-0.2, 0) is 0 Å². The van der Waals surface area contributed by atoms with Gasteiger partial charge < -0.3 is 21.7 Å². The van der Waals surface area contributed by atoms with E-state index in [1.165, 1.54) is 0 Å². The maximum Gasteiger partial charge on any atom is 0.294 e. The third kappa shape index (κ3) is 3.72. The fraction of sp³-hybridized carbons (Fsp3) is 0.714. The quantitative estimate of drug-likeness (QED) is 0.409. The second-order valence-corrected chi connectivity index (χ2v) is 2.19. The van der Waals surface area contributed by atoms with Gasteiger partial charge in [-0.3, -0.25) is 0 Å². The van der Waals surface area contributed by atoms with Gasteiger partial charge in [0.05, 0.1) is 5.70 Å². The zero-order valence-corrected chi connectivity index (χ0v) is 5.93. The molecule has 1 fully saturated rings. The molecule has 68 valence electrons. The molecule has 0 saturated carbocycles. The van der Waals surface area contributed by atoms with Gasteiger partial charge in [0.1, 0.15) is 0 Å². The van der Waals surface area contributed by atoms with E-state index in [9.17, 15) is 0 Å². The van der Waals surface area contributed by atoms with Crippen molar-refractivity contribution >= 4 is 0 Å². The Morgan fingerprint density at radius 1 is 1.27 bits per heavy atom. The molecule has 1 heterocycles. The number of allylic oxidation sites excluding steroid dienone is 1. The molecule has 11 heavy (non-hydrogen) atoms. The molecule has 0 spiro atoms. The summed E-state index contributed by atoms with van der Waals surface area (Å²) in [5, 5.41) is 20.0. The zero-order valence-electron chi connectivity index (χ0n) is 5.93. The van der Waals surface area contributed by atoms with Crippen LogP contribution in [0.5, 0.6) is 0 Å². The Morgan fingerprint density at radius 2 is 1.91 bits per heavy atom. The molecule has 0 aromatic rings. The summed E-state index contributed by atoms with van der Waals surface area (Å²) in [6.45, 7) is 0.861. The van der Waals surface area contributed by atoms with Crippen LogP contribution in [0.15, 0.2) is 11.6 Å². The summed E-state index contributed by atoms with van der Waals surface area (Å²) < 4.78 is 0. The molecule has 0 aliphatic carbocycles. The SMILES string of the molecule is C.N.OC(O)=C1CCCCN1. The van der Waals surface area contributed by atoms with Crippen molar-refractivity contribution in [3.8, 4) is 0 Å². The van der Waals surface area contributed by atoms with Crippen molar-refractivity contribution in [1.29, 1.82) is 0 Å². The van der Waals surface area contributed by atoms with Crippen molar-refractivity contribution < 1.29 is 10.2 Å². The van der Waals surface area contributed by atoms with Gasteiger partial charge in [0.15, 0.2) is 0 Å². The van der Waals surface area contributed by atoms with E-state index >= 15 is 0 Å². The number of aliphatic hydroxyl groups is 2. The largest absolute Gasteiger partial charge is 0.480 e. The number of hydrogen-bond acceptors (Lipinski definition) is 4. The second kappa shape index (κ2) is 5.85. The van der Waals surface area contributed by atoms with Gasteiger partial charge in [0.2, 0.25) is 0 Å². The zero-order chi connectivity index (χ0) is 6.69. The molecular weight excluding hydrogens is 144 g/mol. The molecule has 0 radical (unpaired) electrons. The topological polar surface area (TPSA) is 87.5 Å². The Morgan fingerprint density at radius 3 is 2.18 bits per heavy atom. The summed E-state index contributed by atoms with van der Waals surface area (Å²) in [7, 11) is 0. The van der Waals surface area contributed by atoms with Crippen molar-refractivity contribution in [2.24, 2.45) is 0 Å². The highest BCUT2D eigenvalue weighted by molar-refractivity contribution is 5.00. The van der Waals surface area contributed by atoms with E-state index in [1.807, 2.05) is 0 Å². The van der Waals surface area contributed by atoms with E-state index < -0.39 is 5.95 Å². The summed E-state index contributed by atoms with van der Waals surface area (Å²) in [5.41, 5.74) is 0.584. The molecular formula is C7H18N2O2. The first-order chi connectivity index (χ1) is 4.30. The Labute approximate surface area is 67.5 Å². The van der Waals surface area contributed by atoms with Crippen molar-refractivity contribution in [3.05, 3.63) is 11.6 Å². The Balaban J connectivity index is 0. The summed E-state index contributed by atoms with van der Waals surface area (Å²) >= 11 is 0. The fourth-order valence-corrected chi connectivity index (χ4v) is 0.945. The van der Waals surface area contributed by atoms with E-state index in [1.54, 1.807) is 0 Å². The molecule has 1 rings (SSSR count). The molecule has 6 N–H and O–H groups in total. The number of aliphatic hydroxyl groups excluding tert-OH is 1. The normalized spacial score (nSPS) is 15.5. The molecule has 0 amide bonds. The Kier molecular flexibility index (Phi) is 6.78. The van der Waals surface area contributed by atoms with Gasteiger partial charge in [-0.15, -0.1) is 0 Å². The average Bonchev–Trinajstić information content (AvgIpc) is 1.90. The van der Waals surface area contributed by atoms with E-state index in [0.717, 1.165) is 25.8 Å². The van der Waals surface area contributed by atoms with Crippen LogP contribution in [-0.4, -0.2) is 16.8 Å². The van der Waals surface area contributed by atoms with Crippen molar-refractivity contribution in [1.82, 2.24) is 11.5 Å². The Hall–Kier alpha value is -0.900. The van der Waals surface area contributed by atoms with Crippen LogP contribution in [0.2, 0.25) is 0 Å². The number of hydrogen-bond donors (Lipinski definition) is 4. The fourth-order valence-electron chi connectivity index (χ4n) is 0.945. The first-order valence-corrected chi connectivity index (χ1v) is 3.15. The third-order valence-corrected chi connectivity index (χ3v) is 1.46. The van der Waals surface area contributed by atoms with Crippen LogP contribution in [0.4, 0.5) is 0 Å². The van der Waals surface area contributed by atoms with Gasteiger partial charge >= 0.3 is 0 Å². The molecule has 4 nitrogen and oxygen atoms in total. The summed E-state index contributed by atoms with van der Waals surface area (Å²) in [6.07, 6.45) is 2.94. The maximum atomic E-state index is 8.55. The molecule has 0 aromatic heterocycles. The minimum Gasteiger partial charge on any atom is -0.480 e. The molecule has 1 aliphatic heterocycles. The maximum absolute atomic E-state index is 8.55. The minimum absolute atomic E-state index is 0. The highest BCUT2D eigenvalue weighted by atomic mass is 16.5. The van der Waals surface area contributed by atoms with E-state index in [4.69, 9.17) is 10.2 Å².